The molecule has 104 valence electrons. The third-order valence-corrected chi connectivity index (χ3v) is 3.91. The highest BCUT2D eigenvalue weighted by Gasteiger charge is 2.50. The van der Waals surface area contributed by atoms with E-state index in [1.54, 1.807) is 0 Å². The van der Waals surface area contributed by atoms with Crippen molar-refractivity contribution >= 4 is 11.9 Å². The maximum absolute atomic E-state index is 11.9. The summed E-state index contributed by atoms with van der Waals surface area (Å²) in [5.41, 5.74) is -1.13. The molecule has 18 heavy (non-hydrogen) atoms. The minimum absolute atomic E-state index is 0.312. The zero-order valence-electron chi connectivity index (χ0n) is 11.5. The van der Waals surface area contributed by atoms with Crippen LogP contribution >= 0.6 is 0 Å². The van der Waals surface area contributed by atoms with Crippen LogP contribution in [0.15, 0.2) is 0 Å². The molecule has 0 radical (unpaired) electrons. The van der Waals surface area contributed by atoms with Crippen molar-refractivity contribution in [2.45, 2.75) is 45.6 Å². The smallest absolute Gasteiger partial charge is 0.319 e. The predicted molar refractivity (Wildman–Crippen MR) is 69.3 cm³/mol. The molecule has 0 aromatic carbocycles. The molecule has 1 aliphatic carbocycles. The van der Waals surface area contributed by atoms with Crippen molar-refractivity contribution in [1.29, 1.82) is 0 Å². The minimum Gasteiger partial charge on any atom is -0.480 e. The second-order valence-electron chi connectivity index (χ2n) is 5.42. The summed E-state index contributed by atoms with van der Waals surface area (Å²) in [5.74, 6) is -1.29. The molecule has 1 amide bonds. The number of hydrogen-bond donors (Lipinski definition) is 2. The van der Waals surface area contributed by atoms with Gasteiger partial charge in [-0.3, -0.25) is 9.59 Å². The summed E-state index contributed by atoms with van der Waals surface area (Å²) >= 11 is 0. The highest BCUT2D eigenvalue weighted by atomic mass is 16.4. The molecule has 2 N–H and O–H groups in total. The van der Waals surface area contributed by atoms with Crippen LogP contribution in [-0.4, -0.2) is 48.1 Å². The normalized spacial score (nSPS) is 17.6. The average molecular weight is 256 g/mol. The standard InChI is InChI=1S/C13H24N2O3/c1-10(2)15(3)9-5-8-14-11(16)13(12(17)18)6-4-7-13/h10H,4-9H2,1-3H3,(H,14,16)(H,17,18). The molecule has 0 atom stereocenters. The van der Waals surface area contributed by atoms with Crippen molar-refractivity contribution in [3.8, 4) is 0 Å². The van der Waals surface area contributed by atoms with Gasteiger partial charge in [-0.15, -0.1) is 0 Å². The largest absolute Gasteiger partial charge is 0.480 e. The van der Waals surface area contributed by atoms with Crippen molar-refractivity contribution in [2.75, 3.05) is 20.1 Å². The van der Waals surface area contributed by atoms with Gasteiger partial charge in [0.05, 0.1) is 0 Å². The highest BCUT2D eigenvalue weighted by Crippen LogP contribution is 2.41. The zero-order chi connectivity index (χ0) is 13.8. The van der Waals surface area contributed by atoms with Crippen molar-refractivity contribution in [2.24, 2.45) is 5.41 Å². The summed E-state index contributed by atoms with van der Waals surface area (Å²) in [6.07, 6.45) is 2.62. The Balaban J connectivity index is 2.27. The number of carbonyl (C=O) groups is 2. The fraction of sp³-hybridized carbons (Fsp3) is 0.846. The molecular formula is C13H24N2O3. The topological polar surface area (TPSA) is 69.6 Å². The summed E-state index contributed by atoms with van der Waals surface area (Å²) in [6.45, 7) is 5.68. The highest BCUT2D eigenvalue weighted by molar-refractivity contribution is 6.02. The summed E-state index contributed by atoms with van der Waals surface area (Å²) in [7, 11) is 2.04. The van der Waals surface area contributed by atoms with Gasteiger partial charge in [0.15, 0.2) is 0 Å². The molecule has 0 heterocycles. The third-order valence-electron chi connectivity index (χ3n) is 3.91. The number of nitrogens with one attached hydrogen (secondary N) is 1. The van der Waals surface area contributed by atoms with Crippen LogP contribution in [0, 0.1) is 5.41 Å². The van der Waals surface area contributed by atoms with Gasteiger partial charge in [-0.25, -0.2) is 0 Å². The Hall–Kier alpha value is -1.10. The van der Waals surface area contributed by atoms with E-state index < -0.39 is 11.4 Å². The molecule has 0 spiro atoms. The molecule has 1 fully saturated rings. The average Bonchev–Trinajstić information content (AvgIpc) is 2.21. The fourth-order valence-electron chi connectivity index (χ4n) is 2.03. The number of carboxylic acid groups (broad SMARTS) is 1. The number of hydrogen-bond acceptors (Lipinski definition) is 3. The molecule has 0 bridgehead atoms. The van der Waals surface area contributed by atoms with Gasteiger partial charge in [0.1, 0.15) is 5.41 Å². The summed E-state index contributed by atoms with van der Waals surface area (Å²) in [4.78, 5) is 25.2. The van der Waals surface area contributed by atoms with E-state index in [4.69, 9.17) is 5.11 Å². The van der Waals surface area contributed by atoms with E-state index in [9.17, 15) is 9.59 Å². The van der Waals surface area contributed by atoms with Crippen LogP contribution in [-0.2, 0) is 9.59 Å². The van der Waals surface area contributed by atoms with Crippen LogP contribution in [0.5, 0.6) is 0 Å². The van der Waals surface area contributed by atoms with Gasteiger partial charge in [-0.1, -0.05) is 6.42 Å². The first-order chi connectivity index (χ1) is 8.40. The van der Waals surface area contributed by atoms with Crippen LogP contribution in [0.3, 0.4) is 0 Å². The summed E-state index contributed by atoms with van der Waals surface area (Å²) < 4.78 is 0. The van der Waals surface area contributed by atoms with Crippen LogP contribution in [0.1, 0.15) is 39.5 Å². The fourth-order valence-corrected chi connectivity index (χ4v) is 2.03. The second-order valence-corrected chi connectivity index (χ2v) is 5.42. The molecule has 0 aromatic rings. The number of aliphatic carboxylic acids is 1. The molecule has 0 aliphatic heterocycles. The molecule has 5 nitrogen and oxygen atoms in total. The van der Waals surface area contributed by atoms with Crippen LogP contribution in [0.25, 0.3) is 0 Å². The molecular weight excluding hydrogens is 232 g/mol. The number of carboxylic acids is 1. The van der Waals surface area contributed by atoms with Gasteiger partial charge in [-0.05, 0) is 46.7 Å². The van der Waals surface area contributed by atoms with E-state index in [1.165, 1.54) is 0 Å². The second kappa shape index (κ2) is 6.18. The van der Waals surface area contributed by atoms with Crippen molar-refractivity contribution in [3.63, 3.8) is 0 Å². The van der Waals surface area contributed by atoms with Crippen LogP contribution < -0.4 is 5.32 Å². The SMILES string of the molecule is CC(C)N(C)CCCNC(=O)C1(C(=O)O)CCC1. The van der Waals surface area contributed by atoms with Crippen molar-refractivity contribution < 1.29 is 14.7 Å². The number of amides is 1. The van der Waals surface area contributed by atoms with E-state index in [0.29, 0.717) is 25.4 Å². The van der Waals surface area contributed by atoms with E-state index in [1.807, 2.05) is 7.05 Å². The number of rotatable bonds is 7. The van der Waals surface area contributed by atoms with Gasteiger partial charge in [-0.2, -0.15) is 0 Å². The Morgan fingerprint density at radius 1 is 1.39 bits per heavy atom. The lowest BCUT2D eigenvalue weighted by Crippen LogP contribution is -2.51. The molecule has 1 saturated carbocycles. The number of carbonyl (C=O) groups excluding carboxylic acids is 1. The van der Waals surface area contributed by atoms with Gasteiger partial charge in [0.2, 0.25) is 5.91 Å². The quantitative estimate of drug-likeness (QED) is 0.528. The van der Waals surface area contributed by atoms with Crippen molar-refractivity contribution in [1.82, 2.24) is 10.2 Å². The molecule has 0 saturated heterocycles. The van der Waals surface area contributed by atoms with Gasteiger partial charge in [0.25, 0.3) is 0 Å². The van der Waals surface area contributed by atoms with E-state index in [0.717, 1.165) is 19.4 Å². The van der Waals surface area contributed by atoms with Gasteiger partial charge < -0.3 is 15.3 Å². The monoisotopic (exact) mass is 256 g/mol. The Morgan fingerprint density at radius 3 is 2.39 bits per heavy atom. The Labute approximate surface area is 109 Å². The lowest BCUT2D eigenvalue weighted by Gasteiger charge is -2.35. The first kappa shape index (κ1) is 15.0. The van der Waals surface area contributed by atoms with E-state index in [2.05, 4.69) is 24.1 Å². The zero-order valence-corrected chi connectivity index (χ0v) is 11.5. The summed E-state index contributed by atoms with van der Waals surface area (Å²) in [5, 5.41) is 11.9. The van der Waals surface area contributed by atoms with E-state index in [-0.39, 0.29) is 5.91 Å². The molecule has 0 unspecified atom stereocenters. The first-order valence-electron chi connectivity index (χ1n) is 6.62. The molecule has 1 rings (SSSR count). The maximum Gasteiger partial charge on any atom is 0.319 e. The Kier molecular flexibility index (Phi) is 5.14. The molecule has 0 aromatic heterocycles. The Morgan fingerprint density at radius 2 is 2.00 bits per heavy atom. The van der Waals surface area contributed by atoms with Crippen molar-refractivity contribution in [3.05, 3.63) is 0 Å². The molecule has 5 heteroatoms. The van der Waals surface area contributed by atoms with Gasteiger partial charge >= 0.3 is 5.97 Å². The van der Waals surface area contributed by atoms with Crippen LogP contribution in [0.2, 0.25) is 0 Å². The van der Waals surface area contributed by atoms with Crippen LogP contribution in [0.4, 0.5) is 0 Å². The van der Waals surface area contributed by atoms with Gasteiger partial charge in [0, 0.05) is 12.6 Å². The minimum atomic E-state index is -1.13. The predicted octanol–water partition coefficient (Wildman–Crippen LogP) is 1.09. The lowest BCUT2D eigenvalue weighted by atomic mass is 9.68. The van der Waals surface area contributed by atoms with E-state index >= 15 is 0 Å². The lowest BCUT2D eigenvalue weighted by molar-refractivity contribution is -0.162. The summed E-state index contributed by atoms with van der Waals surface area (Å²) in [6, 6.07) is 0.484. The third kappa shape index (κ3) is 3.22. The Bertz CT molecular complexity index is 311. The molecule has 1 aliphatic rings. The maximum atomic E-state index is 11.9. The number of nitrogens with zero attached hydrogens (tertiary/aromatic N) is 1. The first-order valence-corrected chi connectivity index (χ1v) is 6.62.